The van der Waals surface area contributed by atoms with E-state index in [1.165, 1.54) is 0 Å². The highest BCUT2D eigenvalue weighted by molar-refractivity contribution is 6.35. The molecule has 1 aliphatic rings. The Labute approximate surface area is 153 Å². The Balaban J connectivity index is 1.95. The van der Waals surface area contributed by atoms with Crippen molar-refractivity contribution in [2.45, 2.75) is 38.8 Å². The molecular formula is C16H26ClN5O3. The molecule has 0 aliphatic carbocycles. The third kappa shape index (κ3) is 5.89. The van der Waals surface area contributed by atoms with Gasteiger partial charge in [-0.15, -0.1) is 5.10 Å². The number of alkyl carbamates (subject to hydrolysis) is 1. The molecule has 1 aromatic heterocycles. The zero-order valence-corrected chi connectivity index (χ0v) is 15.9. The lowest BCUT2D eigenvalue weighted by molar-refractivity contribution is 0.0509. The fourth-order valence-corrected chi connectivity index (χ4v) is 2.81. The van der Waals surface area contributed by atoms with Crippen LogP contribution in [0.25, 0.3) is 0 Å². The number of ether oxygens (including phenoxy) is 2. The van der Waals surface area contributed by atoms with Crippen LogP contribution in [-0.2, 0) is 9.47 Å². The molecule has 0 radical (unpaired) electrons. The quantitative estimate of drug-likeness (QED) is 0.741. The van der Waals surface area contributed by atoms with E-state index in [-0.39, 0.29) is 6.04 Å². The van der Waals surface area contributed by atoms with Crippen molar-refractivity contribution in [1.82, 2.24) is 15.5 Å². The summed E-state index contributed by atoms with van der Waals surface area (Å²) in [6.45, 7) is 8.08. The van der Waals surface area contributed by atoms with Crippen LogP contribution in [0.5, 0.6) is 0 Å². The van der Waals surface area contributed by atoms with Crippen LogP contribution in [0.15, 0.2) is 6.20 Å². The molecule has 2 heterocycles. The average Bonchev–Trinajstić information content (AvgIpc) is 2.95. The molecule has 1 aromatic rings. The number of methoxy groups -OCH3 is 1. The number of amides is 1. The molecule has 0 aromatic carbocycles. The zero-order chi connectivity index (χ0) is 18.4. The summed E-state index contributed by atoms with van der Waals surface area (Å²) in [5.74, 6) is 0.528. The molecule has 1 saturated heterocycles. The normalized spacial score (nSPS) is 17.5. The van der Waals surface area contributed by atoms with Crippen molar-refractivity contribution in [3.05, 3.63) is 11.2 Å². The number of carbonyl (C=O) groups is 1. The number of anilines is 2. The SMILES string of the molecule is COCCNc1nncc(N2CC[C@@H](NC(=O)OC(C)(C)C)C2)c1Cl. The molecule has 0 unspecified atom stereocenters. The maximum atomic E-state index is 11.9. The van der Waals surface area contributed by atoms with Crippen LogP contribution in [0.4, 0.5) is 16.3 Å². The Morgan fingerprint density at radius 3 is 2.92 bits per heavy atom. The van der Waals surface area contributed by atoms with Gasteiger partial charge in [-0.1, -0.05) is 11.6 Å². The van der Waals surface area contributed by atoms with E-state index < -0.39 is 11.7 Å². The second-order valence-electron chi connectivity index (χ2n) is 6.89. The Kier molecular flexibility index (Phi) is 6.66. The first kappa shape index (κ1) is 19.5. The maximum Gasteiger partial charge on any atom is 0.407 e. The van der Waals surface area contributed by atoms with Crippen molar-refractivity contribution >= 4 is 29.2 Å². The van der Waals surface area contributed by atoms with Gasteiger partial charge in [-0.3, -0.25) is 0 Å². The van der Waals surface area contributed by atoms with Gasteiger partial charge in [-0.2, -0.15) is 5.10 Å². The first-order chi connectivity index (χ1) is 11.8. The molecule has 2 N–H and O–H groups in total. The number of nitrogens with zero attached hydrogens (tertiary/aromatic N) is 3. The van der Waals surface area contributed by atoms with Gasteiger partial charge >= 0.3 is 6.09 Å². The van der Waals surface area contributed by atoms with E-state index in [0.29, 0.717) is 30.5 Å². The van der Waals surface area contributed by atoms with Gasteiger partial charge in [0.25, 0.3) is 0 Å². The molecule has 0 spiro atoms. The minimum atomic E-state index is -0.510. The molecule has 25 heavy (non-hydrogen) atoms. The molecule has 1 amide bonds. The Morgan fingerprint density at radius 1 is 1.48 bits per heavy atom. The highest BCUT2D eigenvalue weighted by Gasteiger charge is 2.28. The van der Waals surface area contributed by atoms with E-state index in [0.717, 1.165) is 18.7 Å². The summed E-state index contributed by atoms with van der Waals surface area (Å²) in [4.78, 5) is 14.0. The van der Waals surface area contributed by atoms with Gasteiger partial charge in [0, 0.05) is 26.7 Å². The lowest BCUT2D eigenvalue weighted by Crippen LogP contribution is -2.40. The fraction of sp³-hybridized carbons (Fsp3) is 0.688. The first-order valence-electron chi connectivity index (χ1n) is 8.28. The molecule has 0 bridgehead atoms. The van der Waals surface area contributed by atoms with Crippen molar-refractivity contribution in [2.24, 2.45) is 0 Å². The summed E-state index contributed by atoms with van der Waals surface area (Å²) in [7, 11) is 1.63. The monoisotopic (exact) mass is 371 g/mol. The van der Waals surface area contributed by atoms with Gasteiger partial charge in [0.1, 0.15) is 10.6 Å². The smallest absolute Gasteiger partial charge is 0.407 e. The van der Waals surface area contributed by atoms with Gasteiger partial charge in [0.2, 0.25) is 0 Å². The van der Waals surface area contributed by atoms with Crippen molar-refractivity contribution in [2.75, 3.05) is 43.6 Å². The topological polar surface area (TPSA) is 88.6 Å². The number of carbonyl (C=O) groups excluding carboxylic acids is 1. The Morgan fingerprint density at radius 2 is 2.24 bits per heavy atom. The van der Waals surface area contributed by atoms with Crippen LogP contribution in [0.2, 0.25) is 5.02 Å². The molecule has 1 aliphatic heterocycles. The van der Waals surface area contributed by atoms with Crippen LogP contribution >= 0.6 is 11.6 Å². The van der Waals surface area contributed by atoms with Gasteiger partial charge in [-0.05, 0) is 27.2 Å². The second kappa shape index (κ2) is 8.53. The Bertz CT molecular complexity index is 594. The standard InChI is InChI=1S/C16H26ClN5O3/c1-16(2,3)25-15(23)20-11-5-7-22(10-11)12-9-19-21-14(13(12)17)18-6-8-24-4/h9,11H,5-8,10H2,1-4H3,(H,18,21)(H,20,23)/t11-/m1/s1. The van der Waals surface area contributed by atoms with Gasteiger partial charge in [-0.25, -0.2) is 4.79 Å². The van der Waals surface area contributed by atoms with E-state index in [1.807, 2.05) is 20.8 Å². The lowest BCUT2D eigenvalue weighted by atomic mass is 10.2. The van der Waals surface area contributed by atoms with Crippen LogP contribution in [-0.4, -0.2) is 61.3 Å². The third-order valence-corrected chi connectivity index (χ3v) is 3.99. The van der Waals surface area contributed by atoms with Crippen molar-refractivity contribution in [3.8, 4) is 0 Å². The molecule has 1 atom stereocenters. The van der Waals surface area contributed by atoms with Gasteiger partial charge in [0.05, 0.1) is 24.5 Å². The summed E-state index contributed by atoms with van der Waals surface area (Å²) >= 11 is 6.45. The summed E-state index contributed by atoms with van der Waals surface area (Å²) in [6.07, 6.45) is 2.05. The summed E-state index contributed by atoms with van der Waals surface area (Å²) < 4.78 is 10.3. The van der Waals surface area contributed by atoms with E-state index in [9.17, 15) is 4.79 Å². The number of aromatic nitrogens is 2. The van der Waals surface area contributed by atoms with Crippen LogP contribution < -0.4 is 15.5 Å². The highest BCUT2D eigenvalue weighted by atomic mass is 35.5. The van der Waals surface area contributed by atoms with E-state index in [2.05, 4.69) is 25.7 Å². The second-order valence-corrected chi connectivity index (χ2v) is 7.27. The predicted octanol–water partition coefficient (Wildman–Crippen LogP) is 2.29. The van der Waals surface area contributed by atoms with Gasteiger partial charge in [0.15, 0.2) is 5.82 Å². The lowest BCUT2D eigenvalue weighted by Gasteiger charge is -2.23. The highest BCUT2D eigenvalue weighted by Crippen LogP contribution is 2.32. The van der Waals surface area contributed by atoms with Crippen molar-refractivity contribution in [1.29, 1.82) is 0 Å². The minimum Gasteiger partial charge on any atom is -0.444 e. The summed E-state index contributed by atoms with van der Waals surface area (Å²) in [5.41, 5.74) is 0.286. The molecule has 8 nitrogen and oxygen atoms in total. The number of nitrogens with one attached hydrogen (secondary N) is 2. The number of hydrogen-bond donors (Lipinski definition) is 2. The number of hydrogen-bond acceptors (Lipinski definition) is 7. The van der Waals surface area contributed by atoms with Crippen molar-refractivity contribution in [3.63, 3.8) is 0 Å². The molecule has 140 valence electrons. The maximum absolute atomic E-state index is 11.9. The zero-order valence-electron chi connectivity index (χ0n) is 15.1. The molecular weight excluding hydrogens is 346 g/mol. The summed E-state index contributed by atoms with van der Waals surface area (Å²) in [6, 6.07) is 0.00369. The van der Waals surface area contributed by atoms with Gasteiger partial charge < -0.3 is 25.0 Å². The average molecular weight is 372 g/mol. The van der Waals surface area contributed by atoms with Crippen LogP contribution in [0.1, 0.15) is 27.2 Å². The Hall–Kier alpha value is -1.80. The molecule has 2 rings (SSSR count). The molecule has 0 saturated carbocycles. The van der Waals surface area contributed by atoms with E-state index >= 15 is 0 Å². The minimum absolute atomic E-state index is 0.00369. The first-order valence-corrected chi connectivity index (χ1v) is 8.66. The van der Waals surface area contributed by atoms with Crippen LogP contribution in [0.3, 0.4) is 0 Å². The third-order valence-electron chi connectivity index (χ3n) is 3.62. The molecule has 9 heteroatoms. The molecule has 1 fully saturated rings. The summed E-state index contributed by atoms with van der Waals surface area (Å²) in [5, 5.41) is 14.6. The number of halogens is 1. The van der Waals surface area contributed by atoms with Crippen LogP contribution in [0, 0.1) is 0 Å². The number of rotatable bonds is 6. The predicted molar refractivity (Wildman–Crippen MR) is 97.4 cm³/mol. The van der Waals surface area contributed by atoms with Crippen molar-refractivity contribution < 1.29 is 14.3 Å². The fourth-order valence-electron chi connectivity index (χ4n) is 2.54. The van der Waals surface area contributed by atoms with E-state index in [1.54, 1.807) is 13.3 Å². The van der Waals surface area contributed by atoms with E-state index in [4.69, 9.17) is 21.1 Å². The largest absolute Gasteiger partial charge is 0.444 e.